The van der Waals surface area contributed by atoms with Gasteiger partial charge in [0.15, 0.2) is 0 Å². The smallest absolute Gasteiger partial charge is 0.333 e. The van der Waals surface area contributed by atoms with E-state index in [0.29, 0.717) is 12.0 Å². The van der Waals surface area contributed by atoms with E-state index in [4.69, 9.17) is 4.74 Å². The summed E-state index contributed by atoms with van der Waals surface area (Å²) >= 11 is 0. The zero-order chi connectivity index (χ0) is 19.5. The van der Waals surface area contributed by atoms with Crippen LogP contribution < -0.4 is 0 Å². The van der Waals surface area contributed by atoms with Crippen LogP contribution in [-0.4, -0.2) is 29.4 Å². The highest BCUT2D eigenvalue weighted by molar-refractivity contribution is 5.86. The van der Waals surface area contributed by atoms with Crippen LogP contribution in [0.1, 0.15) is 51.0 Å². The number of rotatable bonds is 11. The quantitative estimate of drug-likeness (QED) is 0.363. The van der Waals surface area contributed by atoms with Gasteiger partial charge in [-0.1, -0.05) is 48.9 Å². The summed E-state index contributed by atoms with van der Waals surface area (Å²) in [4.78, 5) is 22.5. The third kappa shape index (κ3) is 7.79. The molecule has 5 heteroatoms. The van der Waals surface area contributed by atoms with Crippen LogP contribution in [0.25, 0.3) is 0 Å². The van der Waals surface area contributed by atoms with E-state index in [1.807, 2.05) is 6.07 Å². The first kappa shape index (κ1) is 20.9. The molecule has 0 amide bonds. The molecule has 5 nitrogen and oxygen atoms in total. The molecule has 0 aromatic heterocycles. The zero-order valence-electron chi connectivity index (χ0n) is 15.8. The maximum atomic E-state index is 11.3. The van der Waals surface area contributed by atoms with Gasteiger partial charge in [-0.05, 0) is 44.1 Å². The van der Waals surface area contributed by atoms with Gasteiger partial charge in [-0.3, -0.25) is 4.79 Å². The average molecular weight is 372 g/mol. The predicted molar refractivity (Wildman–Crippen MR) is 103 cm³/mol. The van der Waals surface area contributed by atoms with Gasteiger partial charge in [0.2, 0.25) is 6.29 Å². The van der Waals surface area contributed by atoms with E-state index in [0.717, 1.165) is 38.5 Å². The highest BCUT2D eigenvalue weighted by Crippen LogP contribution is 2.24. The SMILES string of the molecule is CC(=O)OC(CCCCCC=CCCc1ccccc1)C1=CC(=O)OC1O. The van der Waals surface area contributed by atoms with Gasteiger partial charge in [0, 0.05) is 18.6 Å². The number of hydrogen-bond acceptors (Lipinski definition) is 5. The van der Waals surface area contributed by atoms with Crippen molar-refractivity contribution in [3.63, 3.8) is 0 Å². The Kier molecular flexibility index (Phi) is 8.78. The summed E-state index contributed by atoms with van der Waals surface area (Å²) in [5, 5.41) is 9.74. The molecule has 0 aliphatic carbocycles. The minimum Gasteiger partial charge on any atom is -0.458 e. The first-order chi connectivity index (χ1) is 13.1. The molecule has 1 aromatic carbocycles. The fraction of sp³-hybridized carbons (Fsp3) is 0.455. The Morgan fingerprint density at radius 1 is 1.19 bits per heavy atom. The molecule has 1 aromatic rings. The van der Waals surface area contributed by atoms with Gasteiger partial charge in [-0.25, -0.2) is 4.79 Å². The lowest BCUT2D eigenvalue weighted by Gasteiger charge is -2.19. The number of benzene rings is 1. The average Bonchev–Trinajstić information content (AvgIpc) is 2.98. The minimum atomic E-state index is -1.31. The highest BCUT2D eigenvalue weighted by Gasteiger charge is 2.31. The first-order valence-electron chi connectivity index (χ1n) is 9.52. The molecule has 0 spiro atoms. The van der Waals surface area contributed by atoms with Crippen LogP contribution in [0.2, 0.25) is 0 Å². The van der Waals surface area contributed by atoms with Gasteiger partial charge in [0.1, 0.15) is 6.10 Å². The summed E-state index contributed by atoms with van der Waals surface area (Å²) in [7, 11) is 0. The van der Waals surface area contributed by atoms with Crippen LogP contribution in [0, 0.1) is 0 Å². The summed E-state index contributed by atoms with van der Waals surface area (Å²) in [6, 6.07) is 10.4. The fourth-order valence-corrected chi connectivity index (χ4v) is 3.06. The lowest BCUT2D eigenvalue weighted by molar-refractivity contribution is -0.153. The molecule has 1 N–H and O–H groups in total. The van der Waals surface area contributed by atoms with E-state index in [-0.39, 0.29) is 0 Å². The Labute approximate surface area is 160 Å². The molecule has 0 saturated heterocycles. The normalized spacial score (nSPS) is 17.6. The van der Waals surface area contributed by atoms with Gasteiger partial charge in [-0.2, -0.15) is 0 Å². The molecule has 1 heterocycles. The van der Waals surface area contributed by atoms with Gasteiger partial charge in [-0.15, -0.1) is 0 Å². The van der Waals surface area contributed by atoms with Crippen LogP contribution in [0.3, 0.4) is 0 Å². The Bertz CT molecular complexity index is 663. The molecule has 0 saturated carbocycles. The predicted octanol–water partition coefficient (Wildman–Crippen LogP) is 3.86. The van der Waals surface area contributed by atoms with Crippen LogP contribution in [0.5, 0.6) is 0 Å². The molecule has 2 unspecified atom stereocenters. The van der Waals surface area contributed by atoms with Crippen molar-refractivity contribution >= 4 is 11.9 Å². The second-order valence-corrected chi connectivity index (χ2v) is 6.67. The van der Waals surface area contributed by atoms with Crippen molar-refractivity contribution in [1.29, 1.82) is 0 Å². The number of carbonyl (C=O) groups is 2. The number of hydrogen-bond donors (Lipinski definition) is 1. The number of aliphatic hydroxyl groups excluding tert-OH is 1. The standard InChI is InChI=1S/C22H28O5/c1-17(23)26-20(19-16-21(24)27-22(19)25)15-11-6-4-2-3-5-8-12-18-13-9-7-10-14-18/h3,5,7,9-10,13-14,16,20,22,25H,2,4,6,8,11-12,15H2,1H3. The first-order valence-corrected chi connectivity index (χ1v) is 9.52. The van der Waals surface area contributed by atoms with Gasteiger partial charge in [0.05, 0.1) is 0 Å². The van der Waals surface area contributed by atoms with Crippen molar-refractivity contribution in [3.8, 4) is 0 Å². The Morgan fingerprint density at radius 3 is 2.59 bits per heavy atom. The van der Waals surface area contributed by atoms with E-state index in [2.05, 4.69) is 41.2 Å². The summed E-state index contributed by atoms with van der Waals surface area (Å²) in [5.74, 6) is -1.04. The molecule has 1 aliphatic heterocycles. The van der Waals surface area contributed by atoms with Gasteiger partial charge >= 0.3 is 11.9 Å². The molecule has 2 atom stereocenters. The minimum absolute atomic E-state index is 0.330. The molecule has 0 bridgehead atoms. The van der Waals surface area contributed by atoms with Crippen molar-refractivity contribution in [1.82, 2.24) is 0 Å². The zero-order valence-corrected chi connectivity index (χ0v) is 15.8. The Balaban J connectivity index is 1.62. The van der Waals surface area contributed by atoms with Crippen molar-refractivity contribution in [2.75, 3.05) is 0 Å². The van der Waals surface area contributed by atoms with E-state index in [1.54, 1.807) is 0 Å². The number of esters is 2. The second-order valence-electron chi connectivity index (χ2n) is 6.67. The summed E-state index contributed by atoms with van der Waals surface area (Å²) < 4.78 is 9.92. The molecule has 27 heavy (non-hydrogen) atoms. The number of cyclic esters (lactones) is 1. The Morgan fingerprint density at radius 2 is 1.93 bits per heavy atom. The molecule has 146 valence electrons. The number of unbranched alkanes of at least 4 members (excludes halogenated alkanes) is 3. The molecule has 0 radical (unpaired) electrons. The van der Waals surface area contributed by atoms with Crippen LogP contribution >= 0.6 is 0 Å². The van der Waals surface area contributed by atoms with E-state index in [9.17, 15) is 14.7 Å². The number of carbonyl (C=O) groups excluding carboxylic acids is 2. The monoisotopic (exact) mass is 372 g/mol. The van der Waals surface area contributed by atoms with Crippen molar-refractivity contribution in [3.05, 3.63) is 59.7 Å². The molecule has 1 aliphatic rings. The van der Waals surface area contributed by atoms with Gasteiger partial charge < -0.3 is 14.6 Å². The third-order valence-electron chi connectivity index (χ3n) is 4.42. The Hall–Kier alpha value is -2.40. The summed E-state index contributed by atoms with van der Waals surface area (Å²) in [5.41, 5.74) is 1.68. The topological polar surface area (TPSA) is 72.8 Å². The number of allylic oxidation sites excluding steroid dienone is 2. The van der Waals surface area contributed by atoms with Crippen LogP contribution in [0.4, 0.5) is 0 Å². The molecule has 0 fully saturated rings. The molecular weight excluding hydrogens is 344 g/mol. The molecular formula is C22H28O5. The lowest BCUT2D eigenvalue weighted by Crippen LogP contribution is -2.25. The number of aliphatic hydroxyl groups is 1. The number of ether oxygens (including phenoxy) is 2. The highest BCUT2D eigenvalue weighted by atomic mass is 16.6. The van der Waals surface area contributed by atoms with Crippen LogP contribution in [-0.2, 0) is 25.5 Å². The van der Waals surface area contributed by atoms with Crippen molar-refractivity contribution in [2.45, 2.75) is 64.3 Å². The maximum Gasteiger partial charge on any atom is 0.333 e. The second kappa shape index (κ2) is 11.3. The summed E-state index contributed by atoms with van der Waals surface area (Å²) in [6.07, 6.45) is 10.3. The van der Waals surface area contributed by atoms with Crippen LogP contribution in [0.15, 0.2) is 54.1 Å². The van der Waals surface area contributed by atoms with Crippen molar-refractivity contribution < 1.29 is 24.2 Å². The fourth-order valence-electron chi connectivity index (χ4n) is 3.06. The van der Waals surface area contributed by atoms with E-state index < -0.39 is 24.3 Å². The largest absolute Gasteiger partial charge is 0.458 e. The summed E-state index contributed by atoms with van der Waals surface area (Å²) in [6.45, 7) is 1.32. The number of aryl methyl sites for hydroxylation is 1. The van der Waals surface area contributed by atoms with Crippen molar-refractivity contribution in [2.24, 2.45) is 0 Å². The third-order valence-corrected chi connectivity index (χ3v) is 4.42. The molecule has 2 rings (SSSR count). The maximum absolute atomic E-state index is 11.3. The van der Waals surface area contributed by atoms with E-state index >= 15 is 0 Å². The van der Waals surface area contributed by atoms with Gasteiger partial charge in [0.25, 0.3) is 0 Å². The lowest BCUT2D eigenvalue weighted by atomic mass is 10.0. The van der Waals surface area contributed by atoms with E-state index in [1.165, 1.54) is 18.6 Å².